The Balaban J connectivity index is 2.40. The van der Waals surface area contributed by atoms with Gasteiger partial charge in [-0.25, -0.2) is 4.98 Å². The van der Waals surface area contributed by atoms with Crippen LogP contribution in [-0.2, 0) is 5.41 Å². The lowest BCUT2D eigenvalue weighted by molar-refractivity contribution is 0.590. The maximum absolute atomic E-state index is 7.57. The van der Waals surface area contributed by atoms with Crippen molar-refractivity contribution in [3.8, 4) is 11.1 Å². The summed E-state index contributed by atoms with van der Waals surface area (Å²) in [5.74, 6) is 0. The van der Waals surface area contributed by atoms with Crippen molar-refractivity contribution >= 4 is 11.6 Å². The predicted octanol–water partition coefficient (Wildman–Crippen LogP) is 4.70. The third-order valence-corrected chi connectivity index (χ3v) is 2.94. The van der Waals surface area contributed by atoms with Crippen LogP contribution in [0.15, 0.2) is 42.6 Å². The molecule has 1 aromatic heterocycles. The van der Waals surface area contributed by atoms with Crippen LogP contribution in [0.2, 0.25) is 5.15 Å². The summed E-state index contributed by atoms with van der Waals surface area (Å²) in [4.78, 5) is 3.85. The van der Waals surface area contributed by atoms with Gasteiger partial charge in [0.15, 0.2) is 0 Å². The number of hydrogen-bond acceptors (Lipinski definition) is 1. The lowest BCUT2D eigenvalue weighted by atomic mass is 9.86. The molecule has 0 saturated carbocycles. The van der Waals surface area contributed by atoms with Crippen molar-refractivity contribution in [3.05, 3.63) is 53.3 Å². The maximum atomic E-state index is 7.57. The molecule has 2 rings (SSSR count). The van der Waals surface area contributed by atoms with E-state index in [4.69, 9.17) is 13.0 Å². The van der Waals surface area contributed by atoms with Crippen molar-refractivity contribution in [2.75, 3.05) is 0 Å². The molecule has 0 unspecified atom stereocenters. The topological polar surface area (TPSA) is 12.9 Å². The van der Waals surface area contributed by atoms with E-state index in [0.29, 0.717) is 5.15 Å². The molecule has 0 aliphatic carbocycles. The lowest BCUT2D eigenvalue weighted by Crippen LogP contribution is -2.10. The second-order valence-electron chi connectivity index (χ2n) is 5.13. The number of hydrogen-bond donors (Lipinski definition) is 0. The molecule has 0 amide bonds. The van der Waals surface area contributed by atoms with Crippen LogP contribution in [0.25, 0.3) is 11.1 Å². The van der Waals surface area contributed by atoms with Gasteiger partial charge in [-0.2, -0.15) is 0 Å². The standard InChI is InChI=1S/C15H16ClN/c1-15(2,3)13-6-4-11(5-7-13)12-8-9-17-14(16)10-12/h4-10H,1-3H3/i9D. The summed E-state index contributed by atoms with van der Waals surface area (Å²) in [6, 6.07) is 11.9. The molecule has 88 valence electrons. The smallest absolute Gasteiger partial charge is 0.129 e. The fraction of sp³-hybridized carbons (Fsp3) is 0.267. The van der Waals surface area contributed by atoms with E-state index in [1.54, 1.807) is 12.1 Å². The number of halogens is 1. The number of benzene rings is 1. The molecular weight excluding hydrogens is 230 g/mol. The molecule has 1 aromatic carbocycles. The van der Waals surface area contributed by atoms with Gasteiger partial charge in [-0.05, 0) is 34.2 Å². The molecule has 17 heavy (non-hydrogen) atoms. The van der Waals surface area contributed by atoms with Crippen LogP contribution in [-0.4, -0.2) is 4.98 Å². The maximum Gasteiger partial charge on any atom is 0.129 e. The Bertz CT molecular complexity index is 535. The van der Waals surface area contributed by atoms with Crippen LogP contribution >= 0.6 is 11.6 Å². The van der Waals surface area contributed by atoms with E-state index in [2.05, 4.69) is 50.0 Å². The van der Waals surface area contributed by atoms with Gasteiger partial charge >= 0.3 is 0 Å². The van der Waals surface area contributed by atoms with Gasteiger partial charge in [0.1, 0.15) is 5.15 Å². The average molecular weight is 247 g/mol. The van der Waals surface area contributed by atoms with Gasteiger partial charge in [0.05, 0.1) is 1.37 Å². The molecule has 0 bridgehead atoms. The van der Waals surface area contributed by atoms with Crippen molar-refractivity contribution < 1.29 is 1.37 Å². The molecule has 2 heteroatoms. The highest BCUT2D eigenvalue weighted by Crippen LogP contribution is 2.26. The highest BCUT2D eigenvalue weighted by molar-refractivity contribution is 6.29. The summed E-state index contributed by atoms with van der Waals surface area (Å²) in [5, 5.41) is 0.359. The first-order valence-corrected chi connectivity index (χ1v) is 5.99. The highest BCUT2D eigenvalue weighted by Gasteiger charge is 2.12. The van der Waals surface area contributed by atoms with E-state index in [1.807, 2.05) is 0 Å². The number of rotatable bonds is 1. The minimum absolute atomic E-state index is 0.148. The lowest BCUT2D eigenvalue weighted by Gasteiger charge is -2.19. The highest BCUT2D eigenvalue weighted by atomic mass is 35.5. The van der Waals surface area contributed by atoms with E-state index in [0.717, 1.165) is 11.1 Å². The first kappa shape index (κ1) is 10.8. The number of pyridine rings is 1. The minimum Gasteiger partial charge on any atom is -0.245 e. The van der Waals surface area contributed by atoms with Crippen LogP contribution in [0.5, 0.6) is 0 Å². The SMILES string of the molecule is [2H]c1cc(-c2ccc(C(C)(C)C)cc2)cc(Cl)n1. The van der Waals surface area contributed by atoms with E-state index in [9.17, 15) is 0 Å². The van der Waals surface area contributed by atoms with Crippen LogP contribution in [0.1, 0.15) is 27.7 Å². The molecular formula is C15H16ClN. The number of nitrogens with zero attached hydrogens (tertiary/aromatic N) is 1. The molecule has 0 spiro atoms. The second-order valence-corrected chi connectivity index (χ2v) is 5.52. The Morgan fingerprint density at radius 2 is 1.71 bits per heavy atom. The fourth-order valence-corrected chi connectivity index (χ4v) is 1.86. The van der Waals surface area contributed by atoms with Gasteiger partial charge in [-0.15, -0.1) is 0 Å². The number of aromatic nitrogens is 1. The van der Waals surface area contributed by atoms with Gasteiger partial charge in [0.25, 0.3) is 0 Å². The monoisotopic (exact) mass is 246 g/mol. The molecule has 0 atom stereocenters. The summed E-state index contributed by atoms with van der Waals surface area (Å²) >= 11 is 5.87. The van der Waals surface area contributed by atoms with Gasteiger partial charge in [-0.1, -0.05) is 56.6 Å². The Morgan fingerprint density at radius 1 is 1.06 bits per heavy atom. The zero-order valence-corrected chi connectivity index (χ0v) is 11.0. The quantitative estimate of drug-likeness (QED) is 0.665. The van der Waals surface area contributed by atoms with E-state index >= 15 is 0 Å². The minimum atomic E-state index is 0.148. The Kier molecular flexibility index (Phi) is 2.86. The second kappa shape index (κ2) is 4.50. The van der Waals surface area contributed by atoms with Crippen molar-refractivity contribution in [2.45, 2.75) is 26.2 Å². The zero-order chi connectivity index (χ0) is 13.3. The fourth-order valence-electron chi connectivity index (χ4n) is 1.70. The normalized spacial score (nSPS) is 12.4. The van der Waals surface area contributed by atoms with Gasteiger partial charge < -0.3 is 0 Å². The molecule has 0 aliphatic rings. The molecule has 0 N–H and O–H groups in total. The summed E-state index contributed by atoms with van der Waals surface area (Å²) in [7, 11) is 0. The van der Waals surface area contributed by atoms with Crippen LogP contribution < -0.4 is 0 Å². The largest absolute Gasteiger partial charge is 0.245 e. The van der Waals surface area contributed by atoms with E-state index < -0.39 is 0 Å². The Labute approximate surface area is 109 Å². The predicted molar refractivity (Wildman–Crippen MR) is 73.4 cm³/mol. The molecule has 1 heterocycles. The molecule has 1 nitrogen and oxygen atoms in total. The summed E-state index contributed by atoms with van der Waals surface area (Å²) in [5.41, 5.74) is 3.42. The van der Waals surface area contributed by atoms with Gasteiger partial charge in [-0.3, -0.25) is 0 Å². The molecule has 0 radical (unpaired) electrons. The molecule has 0 aliphatic heterocycles. The summed E-state index contributed by atoms with van der Waals surface area (Å²) in [6.07, 6.45) is 0.192. The van der Waals surface area contributed by atoms with Gasteiger partial charge in [0, 0.05) is 6.17 Å². The molecule has 2 aromatic rings. The molecule has 0 fully saturated rings. The first-order chi connectivity index (χ1) is 8.36. The van der Waals surface area contributed by atoms with Crippen LogP contribution in [0.3, 0.4) is 0 Å². The van der Waals surface area contributed by atoms with Crippen LogP contribution in [0, 0.1) is 0 Å². The van der Waals surface area contributed by atoms with Crippen molar-refractivity contribution in [1.29, 1.82) is 0 Å². The van der Waals surface area contributed by atoms with E-state index in [1.165, 1.54) is 5.56 Å². The summed E-state index contributed by atoms with van der Waals surface area (Å²) < 4.78 is 7.57. The zero-order valence-electron chi connectivity index (χ0n) is 11.3. The van der Waals surface area contributed by atoms with Crippen molar-refractivity contribution in [2.24, 2.45) is 0 Å². The first-order valence-electron chi connectivity index (χ1n) is 6.11. The van der Waals surface area contributed by atoms with Crippen molar-refractivity contribution in [1.82, 2.24) is 4.98 Å². The third kappa shape index (κ3) is 2.86. The van der Waals surface area contributed by atoms with Crippen molar-refractivity contribution in [3.63, 3.8) is 0 Å². The Morgan fingerprint density at radius 3 is 2.24 bits per heavy atom. The van der Waals surface area contributed by atoms with Gasteiger partial charge in [0.2, 0.25) is 0 Å². The Hall–Kier alpha value is -1.34. The average Bonchev–Trinajstić information content (AvgIpc) is 2.27. The van der Waals surface area contributed by atoms with Crippen LogP contribution in [0.4, 0.5) is 0 Å². The van der Waals surface area contributed by atoms with E-state index in [-0.39, 0.29) is 11.6 Å². The molecule has 0 saturated heterocycles. The summed E-state index contributed by atoms with van der Waals surface area (Å²) in [6.45, 7) is 6.56. The third-order valence-electron chi connectivity index (χ3n) is 2.75.